The van der Waals surface area contributed by atoms with E-state index in [2.05, 4.69) is 12.2 Å². The van der Waals surface area contributed by atoms with Crippen molar-refractivity contribution in [2.75, 3.05) is 19.7 Å². The summed E-state index contributed by atoms with van der Waals surface area (Å²) in [5.41, 5.74) is -0.0573. The average molecular weight is 416 g/mol. The number of fused-ring (bicyclic) bond motifs is 5. The van der Waals surface area contributed by atoms with Crippen LogP contribution in [0.1, 0.15) is 84.0 Å². The third kappa shape index (κ3) is 3.07. The zero-order valence-corrected chi connectivity index (χ0v) is 18.8. The highest BCUT2D eigenvalue weighted by molar-refractivity contribution is 5.91. The molecular formula is C26H41NO3. The fourth-order valence-electron chi connectivity index (χ4n) is 9.16. The van der Waals surface area contributed by atoms with E-state index in [4.69, 9.17) is 0 Å². The molecule has 1 saturated heterocycles. The van der Waals surface area contributed by atoms with Crippen LogP contribution in [0.5, 0.6) is 0 Å². The van der Waals surface area contributed by atoms with Crippen LogP contribution in [0, 0.1) is 46.3 Å². The van der Waals surface area contributed by atoms with Crippen molar-refractivity contribution in [1.29, 1.82) is 0 Å². The largest absolute Gasteiger partial charge is 0.396 e. The predicted molar refractivity (Wildman–Crippen MR) is 117 cm³/mol. The lowest BCUT2D eigenvalue weighted by Crippen LogP contribution is -2.60. The molecule has 0 radical (unpaired) electrons. The van der Waals surface area contributed by atoms with Crippen molar-refractivity contribution in [3.05, 3.63) is 0 Å². The maximum absolute atomic E-state index is 13.8. The van der Waals surface area contributed by atoms with Gasteiger partial charge in [-0.15, -0.1) is 0 Å². The summed E-state index contributed by atoms with van der Waals surface area (Å²) in [5, 5.41) is 13.7. The molecule has 5 fully saturated rings. The molecule has 0 amide bonds. The topological polar surface area (TPSA) is 66.4 Å². The highest BCUT2D eigenvalue weighted by atomic mass is 16.3. The molecule has 0 bridgehead atoms. The smallest absolute Gasteiger partial charge is 0.142 e. The van der Waals surface area contributed by atoms with Gasteiger partial charge >= 0.3 is 0 Å². The van der Waals surface area contributed by atoms with E-state index in [1.54, 1.807) is 0 Å². The van der Waals surface area contributed by atoms with Gasteiger partial charge in [0.15, 0.2) is 0 Å². The van der Waals surface area contributed by atoms with Gasteiger partial charge in [-0.1, -0.05) is 26.2 Å². The van der Waals surface area contributed by atoms with E-state index >= 15 is 0 Å². The molecule has 2 N–H and O–H groups in total. The second-order valence-electron chi connectivity index (χ2n) is 11.7. The number of carbonyl (C=O) groups is 2. The van der Waals surface area contributed by atoms with Crippen LogP contribution in [0.4, 0.5) is 0 Å². The molecule has 1 aliphatic heterocycles. The molecule has 5 aliphatic rings. The Labute approximate surface area is 182 Å². The van der Waals surface area contributed by atoms with Crippen molar-refractivity contribution >= 4 is 11.6 Å². The third-order valence-electron chi connectivity index (χ3n) is 10.7. The van der Waals surface area contributed by atoms with Gasteiger partial charge in [-0.2, -0.15) is 0 Å². The highest BCUT2D eigenvalue weighted by Gasteiger charge is 2.65. The van der Waals surface area contributed by atoms with E-state index in [1.165, 1.54) is 32.1 Å². The van der Waals surface area contributed by atoms with Gasteiger partial charge in [0.05, 0.1) is 6.61 Å². The first-order chi connectivity index (χ1) is 14.5. The first-order valence-electron chi connectivity index (χ1n) is 12.9. The van der Waals surface area contributed by atoms with Crippen LogP contribution in [0.15, 0.2) is 0 Å². The molecule has 4 aliphatic carbocycles. The summed E-state index contributed by atoms with van der Waals surface area (Å²) in [4.78, 5) is 27.1. The van der Waals surface area contributed by atoms with E-state index in [0.29, 0.717) is 29.8 Å². The maximum atomic E-state index is 13.8. The Bertz CT molecular complexity index is 686. The van der Waals surface area contributed by atoms with Crippen molar-refractivity contribution < 1.29 is 14.7 Å². The summed E-state index contributed by atoms with van der Waals surface area (Å²) in [6, 6.07) is 0. The average Bonchev–Trinajstić information content (AvgIpc) is 3.37. The summed E-state index contributed by atoms with van der Waals surface area (Å²) in [6.45, 7) is 4.70. The number of rotatable bonds is 5. The van der Waals surface area contributed by atoms with E-state index in [0.717, 1.165) is 57.5 Å². The van der Waals surface area contributed by atoms with Crippen LogP contribution < -0.4 is 5.32 Å². The first kappa shape index (κ1) is 21.1. The standard InChI is InChI=1S/C26H41NO3/c1-25-11-3-2-6-19(25)18(16-28)24(30)23-20(25)9-13-26(21(23)7-8-22(26)29)12-4-5-17-10-14-27-15-17/h17-21,23,27-28H,2-16H2,1H3/t17?,18-,19?,20+,21+,23-,25+,26+/m1/s1. The SMILES string of the molecule is C[C@]12CCCCC1[C@@H](CO)C(=O)[C@H]1[C@@H]3CCC(=O)[C@@]3(CCCC3CCNC3)CC[C@@H]12. The van der Waals surface area contributed by atoms with Crippen LogP contribution >= 0.6 is 0 Å². The molecular weight excluding hydrogens is 374 g/mol. The Kier molecular flexibility index (Phi) is 5.63. The minimum Gasteiger partial charge on any atom is -0.396 e. The fraction of sp³-hybridized carbons (Fsp3) is 0.923. The number of aliphatic hydroxyl groups is 1. The Hall–Kier alpha value is -0.740. The monoisotopic (exact) mass is 415 g/mol. The number of hydrogen-bond donors (Lipinski definition) is 2. The van der Waals surface area contributed by atoms with Crippen LogP contribution in [0.2, 0.25) is 0 Å². The molecule has 0 aromatic heterocycles. The quantitative estimate of drug-likeness (QED) is 0.708. The molecule has 0 aromatic carbocycles. The Morgan fingerprint density at radius 1 is 1.03 bits per heavy atom. The number of ketones is 2. The fourth-order valence-corrected chi connectivity index (χ4v) is 9.16. The second-order valence-corrected chi connectivity index (χ2v) is 11.7. The zero-order valence-electron chi connectivity index (χ0n) is 18.8. The second kappa shape index (κ2) is 7.99. The van der Waals surface area contributed by atoms with Crippen LogP contribution in [-0.4, -0.2) is 36.4 Å². The number of Topliss-reactive ketones (excluding diaryl/α,β-unsaturated/α-hetero) is 2. The van der Waals surface area contributed by atoms with Crippen LogP contribution in [0.3, 0.4) is 0 Å². The van der Waals surface area contributed by atoms with Gasteiger partial charge in [0.25, 0.3) is 0 Å². The van der Waals surface area contributed by atoms with Crippen molar-refractivity contribution in [3.8, 4) is 0 Å². The molecule has 5 rings (SSSR count). The van der Waals surface area contributed by atoms with Crippen molar-refractivity contribution in [2.24, 2.45) is 46.3 Å². The molecule has 0 spiro atoms. The van der Waals surface area contributed by atoms with Gasteiger partial charge in [-0.25, -0.2) is 0 Å². The Balaban J connectivity index is 1.41. The lowest BCUT2D eigenvalue weighted by molar-refractivity contribution is -0.171. The lowest BCUT2D eigenvalue weighted by atomic mass is 9.42. The first-order valence-corrected chi connectivity index (χ1v) is 12.9. The van der Waals surface area contributed by atoms with Crippen LogP contribution in [0.25, 0.3) is 0 Å². The predicted octanol–water partition coefficient (Wildman–Crippen LogP) is 4.15. The summed E-state index contributed by atoms with van der Waals surface area (Å²) < 4.78 is 0. The molecule has 0 aromatic rings. The molecule has 8 atom stereocenters. The van der Waals surface area contributed by atoms with Gasteiger partial charge < -0.3 is 10.4 Å². The summed E-state index contributed by atoms with van der Waals surface area (Å²) in [7, 11) is 0. The van der Waals surface area contributed by atoms with Gasteiger partial charge in [-0.05, 0) is 93.5 Å². The zero-order chi connectivity index (χ0) is 20.9. The molecule has 30 heavy (non-hydrogen) atoms. The minimum absolute atomic E-state index is 0.00462. The number of carbonyl (C=O) groups excluding carboxylic acids is 2. The normalized spacial score (nSPS) is 48.3. The molecule has 1 heterocycles. The summed E-state index contributed by atoms with van der Waals surface area (Å²) >= 11 is 0. The van der Waals surface area contributed by atoms with Gasteiger partial charge in [0, 0.05) is 23.7 Å². The van der Waals surface area contributed by atoms with E-state index in [-0.39, 0.29) is 35.2 Å². The molecule has 168 valence electrons. The number of aliphatic hydroxyl groups excluding tert-OH is 1. The maximum Gasteiger partial charge on any atom is 0.142 e. The van der Waals surface area contributed by atoms with Crippen LogP contribution in [-0.2, 0) is 9.59 Å². The van der Waals surface area contributed by atoms with E-state index in [9.17, 15) is 14.7 Å². The Morgan fingerprint density at radius 3 is 2.67 bits per heavy atom. The molecule has 4 heteroatoms. The minimum atomic E-state index is -0.235. The third-order valence-corrected chi connectivity index (χ3v) is 10.7. The van der Waals surface area contributed by atoms with Gasteiger partial charge in [-0.3, -0.25) is 9.59 Å². The molecule has 2 unspecified atom stereocenters. The summed E-state index contributed by atoms with van der Waals surface area (Å²) in [6.07, 6.45) is 13.0. The van der Waals surface area contributed by atoms with Crippen molar-refractivity contribution in [2.45, 2.75) is 84.0 Å². The molecule has 4 nitrogen and oxygen atoms in total. The number of nitrogens with one attached hydrogen (secondary N) is 1. The number of hydrogen-bond acceptors (Lipinski definition) is 4. The van der Waals surface area contributed by atoms with Crippen molar-refractivity contribution in [3.63, 3.8) is 0 Å². The van der Waals surface area contributed by atoms with Gasteiger partial charge in [0.1, 0.15) is 11.6 Å². The van der Waals surface area contributed by atoms with E-state index < -0.39 is 0 Å². The highest BCUT2D eigenvalue weighted by Crippen LogP contribution is 2.66. The Morgan fingerprint density at radius 2 is 1.90 bits per heavy atom. The van der Waals surface area contributed by atoms with Gasteiger partial charge in [0.2, 0.25) is 0 Å². The van der Waals surface area contributed by atoms with E-state index in [1.807, 2.05) is 0 Å². The lowest BCUT2D eigenvalue weighted by Gasteiger charge is -2.61. The summed E-state index contributed by atoms with van der Waals surface area (Å²) in [5.74, 6) is 2.42. The molecule has 4 saturated carbocycles. The van der Waals surface area contributed by atoms with Crippen molar-refractivity contribution in [1.82, 2.24) is 5.32 Å².